The summed E-state index contributed by atoms with van der Waals surface area (Å²) in [5, 5.41) is 15.3. The highest BCUT2D eigenvalue weighted by atomic mass is 35.5. The summed E-state index contributed by atoms with van der Waals surface area (Å²) in [6.07, 6.45) is 1.40. The van der Waals surface area contributed by atoms with Crippen LogP contribution in [-0.2, 0) is 11.3 Å². The average Bonchev–Trinajstić information content (AvgIpc) is 2.59. The standard InChI is InChI=1S/C19H18ClN3O2/c1-13-4-3-5-14(8-13)11-22-12-15(10-21)19(24)23-17-9-16(20)6-7-18(17)25-2/h3-9,12,22H,11H2,1-2H3,(H,23,24)/b15-12-. The Bertz CT molecular complexity index is 841. The van der Waals surface area contributed by atoms with Crippen LogP contribution < -0.4 is 15.4 Å². The van der Waals surface area contributed by atoms with Gasteiger partial charge in [-0.05, 0) is 30.7 Å². The van der Waals surface area contributed by atoms with Crippen LogP contribution in [0.2, 0.25) is 5.02 Å². The molecule has 25 heavy (non-hydrogen) atoms. The van der Waals surface area contributed by atoms with Crippen LogP contribution in [0.15, 0.2) is 54.2 Å². The number of nitriles is 1. The van der Waals surface area contributed by atoms with Crippen LogP contribution in [-0.4, -0.2) is 13.0 Å². The number of carbonyl (C=O) groups excluding carboxylic acids is 1. The third-order valence-corrected chi connectivity index (χ3v) is 3.64. The summed E-state index contributed by atoms with van der Waals surface area (Å²) >= 11 is 5.94. The number of halogens is 1. The van der Waals surface area contributed by atoms with Gasteiger partial charge in [-0.3, -0.25) is 4.79 Å². The van der Waals surface area contributed by atoms with E-state index in [9.17, 15) is 10.1 Å². The van der Waals surface area contributed by atoms with E-state index in [1.165, 1.54) is 13.3 Å². The second-order valence-electron chi connectivity index (χ2n) is 5.34. The number of nitrogens with one attached hydrogen (secondary N) is 2. The average molecular weight is 356 g/mol. The molecule has 6 heteroatoms. The molecule has 128 valence electrons. The highest BCUT2D eigenvalue weighted by molar-refractivity contribution is 6.31. The molecule has 2 aromatic rings. The molecule has 5 nitrogen and oxygen atoms in total. The number of anilines is 1. The van der Waals surface area contributed by atoms with Gasteiger partial charge in [0.25, 0.3) is 5.91 Å². The SMILES string of the molecule is COc1ccc(Cl)cc1NC(=O)/C(C#N)=C\NCc1cccc(C)c1. The van der Waals surface area contributed by atoms with E-state index in [0.717, 1.165) is 11.1 Å². The molecule has 0 bridgehead atoms. The van der Waals surface area contributed by atoms with Crippen molar-refractivity contribution in [1.82, 2.24) is 5.32 Å². The number of hydrogen-bond acceptors (Lipinski definition) is 4. The Morgan fingerprint density at radius 1 is 1.32 bits per heavy atom. The van der Waals surface area contributed by atoms with Crippen molar-refractivity contribution in [2.24, 2.45) is 0 Å². The van der Waals surface area contributed by atoms with Crippen LogP contribution >= 0.6 is 11.6 Å². The van der Waals surface area contributed by atoms with Crippen molar-refractivity contribution >= 4 is 23.2 Å². The van der Waals surface area contributed by atoms with Crippen molar-refractivity contribution in [3.63, 3.8) is 0 Å². The summed E-state index contributed by atoms with van der Waals surface area (Å²) in [5.41, 5.74) is 2.56. The Morgan fingerprint density at radius 3 is 2.80 bits per heavy atom. The molecular formula is C19H18ClN3O2. The monoisotopic (exact) mass is 355 g/mol. The number of nitrogens with zero attached hydrogens (tertiary/aromatic N) is 1. The number of benzene rings is 2. The van der Waals surface area contributed by atoms with E-state index < -0.39 is 5.91 Å². The molecular weight excluding hydrogens is 338 g/mol. The number of hydrogen-bond donors (Lipinski definition) is 2. The highest BCUT2D eigenvalue weighted by Crippen LogP contribution is 2.27. The molecule has 0 aromatic heterocycles. The largest absolute Gasteiger partial charge is 0.495 e. The van der Waals surface area contributed by atoms with Gasteiger partial charge in [0.05, 0.1) is 12.8 Å². The Morgan fingerprint density at radius 2 is 2.12 bits per heavy atom. The zero-order valence-electron chi connectivity index (χ0n) is 14.0. The number of aryl methyl sites for hydroxylation is 1. The molecule has 0 aliphatic rings. The maximum absolute atomic E-state index is 12.3. The van der Waals surface area contributed by atoms with Gasteiger partial charge >= 0.3 is 0 Å². The lowest BCUT2D eigenvalue weighted by molar-refractivity contribution is -0.112. The smallest absolute Gasteiger partial charge is 0.267 e. The van der Waals surface area contributed by atoms with Crippen LogP contribution in [0.4, 0.5) is 5.69 Å². The molecule has 0 aliphatic heterocycles. The van der Waals surface area contributed by atoms with Crippen molar-refractivity contribution in [1.29, 1.82) is 5.26 Å². The summed E-state index contributed by atoms with van der Waals surface area (Å²) < 4.78 is 5.17. The number of methoxy groups -OCH3 is 1. The summed E-state index contributed by atoms with van der Waals surface area (Å²) in [6.45, 7) is 2.52. The van der Waals surface area contributed by atoms with Crippen LogP contribution in [0.25, 0.3) is 0 Å². The predicted octanol–water partition coefficient (Wildman–Crippen LogP) is 3.79. The summed E-state index contributed by atoms with van der Waals surface area (Å²) in [7, 11) is 1.49. The predicted molar refractivity (Wildman–Crippen MR) is 98.3 cm³/mol. The van der Waals surface area contributed by atoms with Crippen molar-refractivity contribution in [3.05, 3.63) is 70.4 Å². The van der Waals surface area contributed by atoms with Crippen molar-refractivity contribution in [2.45, 2.75) is 13.5 Å². The molecule has 0 atom stereocenters. The van der Waals surface area contributed by atoms with Gasteiger partial charge in [-0.1, -0.05) is 41.4 Å². The molecule has 2 rings (SSSR count). The second kappa shape index (κ2) is 8.76. The van der Waals surface area contributed by atoms with Crippen molar-refractivity contribution < 1.29 is 9.53 Å². The zero-order valence-corrected chi connectivity index (χ0v) is 14.7. The minimum atomic E-state index is -0.542. The van der Waals surface area contributed by atoms with Crippen LogP contribution in [0.5, 0.6) is 5.75 Å². The lowest BCUT2D eigenvalue weighted by Gasteiger charge is -2.10. The molecule has 0 radical (unpaired) electrons. The third kappa shape index (κ3) is 5.27. The first-order valence-electron chi connectivity index (χ1n) is 7.57. The molecule has 0 fully saturated rings. The minimum absolute atomic E-state index is 0.0466. The fourth-order valence-corrected chi connectivity index (χ4v) is 2.38. The van der Waals surface area contributed by atoms with Crippen molar-refractivity contribution in [3.8, 4) is 11.8 Å². The van der Waals surface area contributed by atoms with E-state index in [-0.39, 0.29) is 5.57 Å². The summed E-state index contributed by atoms with van der Waals surface area (Å²) in [6, 6.07) is 14.7. The Hall–Kier alpha value is -2.97. The molecule has 0 heterocycles. The van der Waals surface area contributed by atoms with Crippen LogP contribution in [0.1, 0.15) is 11.1 Å². The number of ether oxygens (including phenoxy) is 1. The maximum Gasteiger partial charge on any atom is 0.267 e. The number of carbonyl (C=O) groups is 1. The fourth-order valence-electron chi connectivity index (χ4n) is 2.21. The molecule has 1 amide bonds. The van der Waals surface area contributed by atoms with Gasteiger partial charge in [0.1, 0.15) is 17.4 Å². The van der Waals surface area contributed by atoms with Crippen LogP contribution in [0, 0.1) is 18.3 Å². The van der Waals surface area contributed by atoms with E-state index in [1.807, 2.05) is 37.3 Å². The first-order valence-corrected chi connectivity index (χ1v) is 7.95. The lowest BCUT2D eigenvalue weighted by Crippen LogP contribution is -2.17. The van der Waals surface area contributed by atoms with Gasteiger partial charge in [0.15, 0.2) is 0 Å². The van der Waals surface area contributed by atoms with E-state index in [4.69, 9.17) is 16.3 Å². The Labute approximate surface area is 151 Å². The highest BCUT2D eigenvalue weighted by Gasteiger charge is 2.12. The van der Waals surface area contributed by atoms with Gasteiger partial charge < -0.3 is 15.4 Å². The van der Waals surface area contributed by atoms with E-state index >= 15 is 0 Å². The topological polar surface area (TPSA) is 74.1 Å². The van der Waals surface area contributed by atoms with Crippen LogP contribution in [0.3, 0.4) is 0 Å². The zero-order chi connectivity index (χ0) is 18.2. The van der Waals surface area contributed by atoms with Gasteiger partial charge in [0.2, 0.25) is 0 Å². The van der Waals surface area contributed by atoms with E-state index in [2.05, 4.69) is 10.6 Å². The molecule has 0 saturated carbocycles. The van der Waals surface area contributed by atoms with Gasteiger partial charge in [-0.25, -0.2) is 0 Å². The minimum Gasteiger partial charge on any atom is -0.495 e. The maximum atomic E-state index is 12.3. The fraction of sp³-hybridized carbons (Fsp3) is 0.158. The van der Waals surface area contributed by atoms with Gasteiger partial charge in [-0.2, -0.15) is 5.26 Å². The normalized spacial score (nSPS) is 10.7. The van der Waals surface area contributed by atoms with Gasteiger partial charge in [-0.15, -0.1) is 0 Å². The first-order chi connectivity index (χ1) is 12.0. The first kappa shape index (κ1) is 18.4. The lowest BCUT2D eigenvalue weighted by atomic mass is 10.1. The quantitative estimate of drug-likeness (QED) is 0.610. The molecule has 0 unspecified atom stereocenters. The number of amides is 1. The third-order valence-electron chi connectivity index (χ3n) is 3.41. The van der Waals surface area contributed by atoms with Gasteiger partial charge in [0, 0.05) is 17.8 Å². The molecule has 2 aromatic carbocycles. The number of rotatable bonds is 6. The molecule has 0 spiro atoms. The Kier molecular flexibility index (Phi) is 6.44. The summed E-state index contributed by atoms with van der Waals surface area (Å²) in [4.78, 5) is 12.3. The molecule has 2 N–H and O–H groups in total. The summed E-state index contributed by atoms with van der Waals surface area (Å²) in [5.74, 6) is -0.0810. The Balaban J connectivity index is 2.06. The van der Waals surface area contributed by atoms with Crippen molar-refractivity contribution in [2.75, 3.05) is 12.4 Å². The molecule has 0 saturated heterocycles. The van der Waals surface area contributed by atoms with E-state index in [0.29, 0.717) is 23.0 Å². The molecule has 0 aliphatic carbocycles. The second-order valence-corrected chi connectivity index (χ2v) is 5.77. The van der Waals surface area contributed by atoms with E-state index in [1.54, 1.807) is 18.2 Å².